The fourth-order valence-corrected chi connectivity index (χ4v) is 4.06. The summed E-state index contributed by atoms with van der Waals surface area (Å²) in [6.45, 7) is 6.43. The number of nitrogens with one attached hydrogen (secondary N) is 1. The molecule has 1 aromatic carbocycles. The standard InChI is InChI=1S/C22H29F2NO2S/c1-5-19(26)21(3,22(4,27)20(23)24)25-14-6-7-16-9-11-17(12-10-16)18-13-8-15(2)28-18/h8-13,20,25,27H,5-7,14H2,1-4H3. The summed E-state index contributed by atoms with van der Waals surface area (Å²) in [5.41, 5.74) is -1.80. The van der Waals surface area contributed by atoms with Gasteiger partial charge in [-0.3, -0.25) is 4.79 Å². The highest BCUT2D eigenvalue weighted by Crippen LogP contribution is 2.31. The van der Waals surface area contributed by atoms with Gasteiger partial charge in [0.15, 0.2) is 5.78 Å². The lowest BCUT2D eigenvalue weighted by molar-refractivity contribution is -0.158. The van der Waals surface area contributed by atoms with Crippen molar-refractivity contribution in [1.82, 2.24) is 5.32 Å². The van der Waals surface area contributed by atoms with Gasteiger partial charge >= 0.3 is 0 Å². The Labute approximate surface area is 169 Å². The second-order valence-electron chi connectivity index (χ2n) is 7.49. The molecule has 0 saturated carbocycles. The zero-order valence-electron chi connectivity index (χ0n) is 16.9. The zero-order chi connectivity index (χ0) is 20.9. The summed E-state index contributed by atoms with van der Waals surface area (Å²) in [5.74, 6) is -0.423. The summed E-state index contributed by atoms with van der Waals surface area (Å²) >= 11 is 1.75. The molecule has 0 saturated heterocycles. The molecule has 0 aliphatic carbocycles. The second kappa shape index (κ2) is 9.25. The number of hydrogen-bond acceptors (Lipinski definition) is 4. The van der Waals surface area contributed by atoms with E-state index in [0.717, 1.165) is 18.9 Å². The fraction of sp³-hybridized carbons (Fsp3) is 0.500. The Balaban J connectivity index is 1.95. The number of aryl methyl sites for hydroxylation is 2. The maximum Gasteiger partial charge on any atom is 0.268 e. The van der Waals surface area contributed by atoms with Crippen molar-refractivity contribution in [2.24, 2.45) is 0 Å². The first-order valence-corrected chi connectivity index (χ1v) is 10.4. The molecule has 0 radical (unpaired) electrons. The van der Waals surface area contributed by atoms with Crippen molar-refractivity contribution >= 4 is 17.1 Å². The van der Waals surface area contributed by atoms with Gasteiger partial charge in [-0.05, 0) is 63.4 Å². The number of ketones is 1. The van der Waals surface area contributed by atoms with E-state index in [-0.39, 0.29) is 6.42 Å². The number of benzene rings is 1. The lowest BCUT2D eigenvalue weighted by Crippen LogP contribution is -2.67. The van der Waals surface area contributed by atoms with Crippen molar-refractivity contribution in [3.8, 4) is 10.4 Å². The van der Waals surface area contributed by atoms with Crippen LogP contribution in [-0.4, -0.2) is 35.0 Å². The Morgan fingerprint density at radius 1 is 1.18 bits per heavy atom. The van der Waals surface area contributed by atoms with E-state index in [1.54, 1.807) is 18.3 Å². The number of thiophene rings is 1. The van der Waals surface area contributed by atoms with Crippen LogP contribution >= 0.6 is 11.3 Å². The van der Waals surface area contributed by atoms with Crippen molar-refractivity contribution in [3.63, 3.8) is 0 Å². The van der Waals surface area contributed by atoms with E-state index in [0.29, 0.717) is 13.0 Å². The van der Waals surface area contributed by atoms with Crippen LogP contribution in [0.2, 0.25) is 0 Å². The molecule has 2 rings (SSSR count). The molecule has 2 unspecified atom stereocenters. The molecule has 3 nitrogen and oxygen atoms in total. The maximum atomic E-state index is 13.3. The third kappa shape index (κ3) is 4.85. The number of carbonyl (C=O) groups is 1. The zero-order valence-corrected chi connectivity index (χ0v) is 17.7. The second-order valence-corrected chi connectivity index (χ2v) is 8.78. The highest BCUT2D eigenvalue weighted by atomic mass is 32.1. The molecule has 0 amide bonds. The average Bonchev–Trinajstić information content (AvgIpc) is 3.10. The van der Waals surface area contributed by atoms with Gasteiger partial charge in [0.25, 0.3) is 6.43 Å². The quantitative estimate of drug-likeness (QED) is 0.543. The minimum absolute atomic E-state index is 0.0794. The Morgan fingerprint density at radius 2 is 1.82 bits per heavy atom. The summed E-state index contributed by atoms with van der Waals surface area (Å²) in [5, 5.41) is 13.1. The molecule has 0 fully saturated rings. The minimum atomic E-state index is -3.02. The number of rotatable bonds is 10. The SMILES string of the molecule is CCC(=O)C(C)(NCCCc1ccc(-c2ccc(C)s2)cc1)C(C)(O)C(F)F. The van der Waals surface area contributed by atoms with E-state index in [4.69, 9.17) is 0 Å². The van der Waals surface area contributed by atoms with E-state index < -0.39 is 23.3 Å². The first-order valence-electron chi connectivity index (χ1n) is 9.56. The number of Topliss-reactive ketones (excluding diaryl/α,β-unsaturated/α-hetero) is 1. The molecule has 154 valence electrons. The molecule has 6 heteroatoms. The van der Waals surface area contributed by atoms with Gasteiger partial charge in [0, 0.05) is 16.2 Å². The molecule has 2 aromatic rings. The predicted molar refractivity (Wildman–Crippen MR) is 111 cm³/mol. The van der Waals surface area contributed by atoms with Crippen molar-refractivity contribution in [1.29, 1.82) is 0 Å². The van der Waals surface area contributed by atoms with Gasteiger partial charge in [-0.1, -0.05) is 31.2 Å². The van der Waals surface area contributed by atoms with Crippen LogP contribution in [0.15, 0.2) is 36.4 Å². The first kappa shape index (κ1) is 22.7. The smallest absolute Gasteiger partial charge is 0.268 e. The van der Waals surface area contributed by atoms with Gasteiger partial charge in [-0.25, -0.2) is 8.78 Å². The predicted octanol–water partition coefficient (Wildman–Crippen LogP) is 5.00. The third-order valence-electron chi connectivity index (χ3n) is 5.42. The lowest BCUT2D eigenvalue weighted by Gasteiger charge is -2.41. The van der Waals surface area contributed by atoms with Crippen LogP contribution in [0.1, 0.15) is 44.1 Å². The van der Waals surface area contributed by atoms with E-state index >= 15 is 0 Å². The monoisotopic (exact) mass is 409 g/mol. The third-order valence-corrected chi connectivity index (χ3v) is 6.47. The van der Waals surface area contributed by atoms with Crippen LogP contribution in [0.5, 0.6) is 0 Å². The summed E-state index contributed by atoms with van der Waals surface area (Å²) < 4.78 is 26.6. The van der Waals surface area contributed by atoms with Crippen molar-refractivity contribution in [2.75, 3.05) is 6.54 Å². The molecule has 1 heterocycles. The van der Waals surface area contributed by atoms with Crippen molar-refractivity contribution < 1.29 is 18.7 Å². The normalized spacial score (nSPS) is 16.0. The van der Waals surface area contributed by atoms with Gasteiger partial charge in [-0.15, -0.1) is 11.3 Å². The topological polar surface area (TPSA) is 49.3 Å². The maximum absolute atomic E-state index is 13.3. The summed E-state index contributed by atoms with van der Waals surface area (Å²) in [6, 6.07) is 12.5. The highest BCUT2D eigenvalue weighted by molar-refractivity contribution is 7.15. The minimum Gasteiger partial charge on any atom is -0.382 e. The molecule has 2 atom stereocenters. The first-order chi connectivity index (χ1) is 13.1. The van der Waals surface area contributed by atoms with Gasteiger partial charge in [0.05, 0.1) is 0 Å². The Hall–Kier alpha value is -1.63. The molecule has 0 aliphatic heterocycles. The van der Waals surface area contributed by atoms with Crippen LogP contribution < -0.4 is 5.32 Å². The summed E-state index contributed by atoms with van der Waals surface area (Å²) in [7, 11) is 0. The van der Waals surface area contributed by atoms with Gasteiger partial charge in [0.1, 0.15) is 11.1 Å². The lowest BCUT2D eigenvalue weighted by atomic mass is 9.78. The number of hydrogen-bond donors (Lipinski definition) is 2. The molecular weight excluding hydrogens is 380 g/mol. The Bertz CT molecular complexity index is 786. The number of alkyl halides is 2. The molecule has 0 spiro atoms. The summed E-state index contributed by atoms with van der Waals surface area (Å²) in [6.07, 6.45) is -1.52. The summed E-state index contributed by atoms with van der Waals surface area (Å²) in [4.78, 5) is 14.8. The number of carbonyl (C=O) groups excluding carboxylic acids is 1. The van der Waals surface area contributed by atoms with Crippen LogP contribution in [0.3, 0.4) is 0 Å². The van der Waals surface area contributed by atoms with Crippen LogP contribution in [0.4, 0.5) is 8.78 Å². The largest absolute Gasteiger partial charge is 0.382 e. The van der Waals surface area contributed by atoms with Crippen LogP contribution in [0, 0.1) is 6.92 Å². The molecule has 0 bridgehead atoms. The van der Waals surface area contributed by atoms with E-state index in [9.17, 15) is 18.7 Å². The van der Waals surface area contributed by atoms with Crippen LogP contribution in [-0.2, 0) is 11.2 Å². The number of aliphatic hydroxyl groups is 1. The Morgan fingerprint density at radius 3 is 2.32 bits per heavy atom. The highest BCUT2D eigenvalue weighted by Gasteiger charge is 2.53. The Kier molecular flexibility index (Phi) is 7.48. The van der Waals surface area contributed by atoms with E-state index in [1.165, 1.54) is 22.2 Å². The van der Waals surface area contributed by atoms with Crippen LogP contribution in [0.25, 0.3) is 10.4 Å². The number of halogens is 2. The van der Waals surface area contributed by atoms with Crippen molar-refractivity contribution in [2.45, 2.75) is 64.5 Å². The van der Waals surface area contributed by atoms with Gasteiger partial charge in [-0.2, -0.15) is 0 Å². The molecule has 28 heavy (non-hydrogen) atoms. The van der Waals surface area contributed by atoms with Crippen molar-refractivity contribution in [3.05, 3.63) is 46.8 Å². The molecule has 0 aliphatic rings. The molecular formula is C22H29F2NO2S. The average molecular weight is 410 g/mol. The van der Waals surface area contributed by atoms with Gasteiger partial charge in [0.2, 0.25) is 0 Å². The molecule has 2 N–H and O–H groups in total. The molecule has 1 aromatic heterocycles. The van der Waals surface area contributed by atoms with Gasteiger partial charge < -0.3 is 10.4 Å². The fourth-order valence-electron chi connectivity index (χ4n) is 3.19. The van der Waals surface area contributed by atoms with E-state index in [2.05, 4.69) is 48.6 Å². The van der Waals surface area contributed by atoms with E-state index in [1.807, 2.05) is 0 Å².